The quantitative estimate of drug-likeness (QED) is 0.902. The molecule has 1 atom stereocenters. The molecule has 1 aliphatic rings. The molecule has 2 heterocycles. The van der Waals surface area contributed by atoms with E-state index in [1.807, 2.05) is 13.8 Å². The molecular formula is C16H26N2OS. The lowest BCUT2D eigenvalue weighted by molar-refractivity contribution is -0.124. The molecule has 1 fully saturated rings. The van der Waals surface area contributed by atoms with Crippen molar-refractivity contribution in [2.24, 2.45) is 5.92 Å². The van der Waals surface area contributed by atoms with Crippen LogP contribution in [0.2, 0.25) is 0 Å². The van der Waals surface area contributed by atoms with Gasteiger partial charge in [0.2, 0.25) is 5.91 Å². The summed E-state index contributed by atoms with van der Waals surface area (Å²) in [6.45, 7) is 6.92. The highest BCUT2D eigenvalue weighted by molar-refractivity contribution is 7.07. The van der Waals surface area contributed by atoms with Gasteiger partial charge in [-0.25, -0.2) is 0 Å². The zero-order valence-corrected chi connectivity index (χ0v) is 13.4. The fourth-order valence-corrected chi connectivity index (χ4v) is 3.44. The molecule has 1 N–H and O–H groups in total. The Bertz CT molecular complexity index is 395. The molecule has 0 radical (unpaired) electrons. The number of nitrogens with zero attached hydrogens (tertiary/aromatic N) is 1. The summed E-state index contributed by atoms with van der Waals surface area (Å²) < 4.78 is 0. The molecule has 1 unspecified atom stereocenters. The number of rotatable bonds is 5. The fourth-order valence-electron chi connectivity index (χ4n) is 2.73. The lowest BCUT2D eigenvalue weighted by Gasteiger charge is -2.30. The number of likely N-dealkylation sites (tertiary alicyclic amines) is 1. The third kappa shape index (κ3) is 4.32. The Hall–Kier alpha value is -0.870. The summed E-state index contributed by atoms with van der Waals surface area (Å²) in [5.74, 6) is 0.210. The van der Waals surface area contributed by atoms with Gasteiger partial charge in [0.1, 0.15) is 0 Å². The van der Waals surface area contributed by atoms with Crippen molar-refractivity contribution >= 4 is 17.2 Å². The second-order valence-corrected chi connectivity index (χ2v) is 6.70. The molecule has 0 aromatic carbocycles. The van der Waals surface area contributed by atoms with Crippen molar-refractivity contribution < 1.29 is 4.79 Å². The second kappa shape index (κ2) is 7.79. The summed E-state index contributed by atoms with van der Waals surface area (Å²) in [6.07, 6.45) is 5.23. The number of carbonyl (C=O) groups excluding carboxylic acids is 1. The van der Waals surface area contributed by atoms with Gasteiger partial charge in [-0.05, 0) is 48.3 Å². The number of amides is 1. The molecule has 0 bridgehead atoms. The average molecular weight is 294 g/mol. The van der Waals surface area contributed by atoms with Gasteiger partial charge >= 0.3 is 0 Å². The third-order valence-corrected chi connectivity index (χ3v) is 4.70. The van der Waals surface area contributed by atoms with E-state index in [1.165, 1.54) is 31.2 Å². The Morgan fingerprint density at radius 2 is 2.00 bits per heavy atom. The van der Waals surface area contributed by atoms with Gasteiger partial charge in [-0.3, -0.25) is 9.69 Å². The minimum absolute atomic E-state index is 0.0576. The maximum atomic E-state index is 11.8. The van der Waals surface area contributed by atoms with Crippen LogP contribution in [0.4, 0.5) is 0 Å². The van der Waals surface area contributed by atoms with Crippen molar-refractivity contribution in [2.75, 3.05) is 19.6 Å². The van der Waals surface area contributed by atoms with Crippen LogP contribution in [0.1, 0.15) is 51.1 Å². The van der Waals surface area contributed by atoms with Crippen LogP contribution in [-0.4, -0.2) is 30.4 Å². The summed E-state index contributed by atoms with van der Waals surface area (Å²) in [4.78, 5) is 14.4. The first-order chi connectivity index (χ1) is 9.68. The van der Waals surface area contributed by atoms with Crippen LogP contribution in [0.25, 0.3) is 0 Å². The number of hydrogen-bond donors (Lipinski definition) is 1. The normalized spacial score (nSPS) is 18.8. The Labute approximate surface area is 126 Å². The van der Waals surface area contributed by atoms with Crippen molar-refractivity contribution in [3.63, 3.8) is 0 Å². The largest absolute Gasteiger partial charge is 0.354 e. The SMILES string of the molecule is CC(C)C(=O)NCC(c1ccsc1)N1CCCCCC1. The molecule has 1 aromatic rings. The first kappa shape index (κ1) is 15.5. The molecular weight excluding hydrogens is 268 g/mol. The van der Waals surface area contributed by atoms with E-state index < -0.39 is 0 Å². The molecule has 1 saturated heterocycles. The van der Waals surface area contributed by atoms with E-state index in [1.54, 1.807) is 11.3 Å². The summed E-state index contributed by atoms with van der Waals surface area (Å²) in [5.41, 5.74) is 1.35. The van der Waals surface area contributed by atoms with Gasteiger partial charge in [-0.2, -0.15) is 11.3 Å². The van der Waals surface area contributed by atoms with Crippen molar-refractivity contribution in [2.45, 2.75) is 45.6 Å². The predicted octanol–water partition coefficient (Wildman–Crippen LogP) is 3.44. The average Bonchev–Trinajstić information content (AvgIpc) is 2.82. The van der Waals surface area contributed by atoms with Crippen molar-refractivity contribution in [3.8, 4) is 0 Å². The highest BCUT2D eigenvalue weighted by atomic mass is 32.1. The lowest BCUT2D eigenvalue weighted by atomic mass is 10.1. The van der Waals surface area contributed by atoms with Crippen LogP contribution in [0.15, 0.2) is 16.8 Å². The van der Waals surface area contributed by atoms with E-state index >= 15 is 0 Å². The summed E-state index contributed by atoms with van der Waals surface area (Å²) in [5, 5.41) is 7.46. The molecule has 4 heteroatoms. The summed E-state index contributed by atoms with van der Waals surface area (Å²) in [6, 6.07) is 2.53. The molecule has 2 rings (SSSR count). The van der Waals surface area contributed by atoms with Gasteiger partial charge in [-0.15, -0.1) is 0 Å². The summed E-state index contributed by atoms with van der Waals surface area (Å²) >= 11 is 1.74. The van der Waals surface area contributed by atoms with Crippen LogP contribution < -0.4 is 5.32 Å². The molecule has 0 aliphatic carbocycles. The van der Waals surface area contributed by atoms with Crippen LogP contribution in [-0.2, 0) is 4.79 Å². The number of thiophene rings is 1. The Kier molecular flexibility index (Phi) is 6.05. The number of carbonyl (C=O) groups is 1. The van der Waals surface area contributed by atoms with Gasteiger partial charge in [0.25, 0.3) is 0 Å². The Morgan fingerprint density at radius 1 is 1.30 bits per heavy atom. The van der Waals surface area contributed by atoms with Gasteiger partial charge in [0, 0.05) is 12.5 Å². The van der Waals surface area contributed by atoms with Crippen molar-refractivity contribution in [1.82, 2.24) is 10.2 Å². The maximum Gasteiger partial charge on any atom is 0.222 e. The lowest BCUT2D eigenvalue weighted by Crippen LogP contribution is -2.39. The van der Waals surface area contributed by atoms with Gasteiger partial charge in [0.05, 0.1) is 6.04 Å². The zero-order chi connectivity index (χ0) is 14.4. The van der Waals surface area contributed by atoms with E-state index in [-0.39, 0.29) is 11.8 Å². The van der Waals surface area contributed by atoms with Crippen molar-refractivity contribution in [3.05, 3.63) is 22.4 Å². The van der Waals surface area contributed by atoms with E-state index in [9.17, 15) is 4.79 Å². The van der Waals surface area contributed by atoms with Crippen molar-refractivity contribution in [1.29, 1.82) is 0 Å². The van der Waals surface area contributed by atoms with E-state index in [0.717, 1.165) is 19.6 Å². The van der Waals surface area contributed by atoms with E-state index in [4.69, 9.17) is 0 Å². The zero-order valence-electron chi connectivity index (χ0n) is 12.6. The van der Waals surface area contributed by atoms with Gasteiger partial charge in [-0.1, -0.05) is 26.7 Å². The number of nitrogens with one attached hydrogen (secondary N) is 1. The second-order valence-electron chi connectivity index (χ2n) is 5.92. The minimum Gasteiger partial charge on any atom is -0.354 e. The number of hydrogen-bond acceptors (Lipinski definition) is 3. The molecule has 1 amide bonds. The maximum absolute atomic E-state index is 11.8. The Balaban J connectivity index is 2.02. The first-order valence-corrected chi connectivity index (χ1v) is 8.66. The highest BCUT2D eigenvalue weighted by Crippen LogP contribution is 2.25. The summed E-state index contributed by atoms with van der Waals surface area (Å²) in [7, 11) is 0. The van der Waals surface area contributed by atoms with Gasteiger partial charge < -0.3 is 5.32 Å². The van der Waals surface area contributed by atoms with Crippen LogP contribution in [0, 0.1) is 5.92 Å². The van der Waals surface area contributed by atoms with Crippen LogP contribution in [0.5, 0.6) is 0 Å². The molecule has 3 nitrogen and oxygen atoms in total. The molecule has 0 spiro atoms. The molecule has 0 saturated carbocycles. The smallest absolute Gasteiger partial charge is 0.222 e. The molecule has 1 aromatic heterocycles. The van der Waals surface area contributed by atoms with E-state index in [0.29, 0.717) is 6.04 Å². The third-order valence-electron chi connectivity index (χ3n) is 4.00. The molecule has 20 heavy (non-hydrogen) atoms. The van der Waals surface area contributed by atoms with E-state index in [2.05, 4.69) is 27.0 Å². The highest BCUT2D eigenvalue weighted by Gasteiger charge is 2.22. The Morgan fingerprint density at radius 3 is 2.55 bits per heavy atom. The molecule has 112 valence electrons. The van der Waals surface area contributed by atoms with Gasteiger partial charge in [0.15, 0.2) is 0 Å². The minimum atomic E-state index is 0.0576. The molecule has 1 aliphatic heterocycles. The first-order valence-electron chi connectivity index (χ1n) is 7.72. The predicted molar refractivity (Wildman–Crippen MR) is 84.9 cm³/mol. The standard InChI is InChI=1S/C16H26N2OS/c1-13(2)16(19)17-11-15(14-7-10-20-12-14)18-8-5-3-4-6-9-18/h7,10,12-13,15H,3-6,8-9,11H2,1-2H3,(H,17,19). The van der Waals surface area contributed by atoms with Crippen LogP contribution >= 0.6 is 11.3 Å². The van der Waals surface area contributed by atoms with Crippen LogP contribution in [0.3, 0.4) is 0 Å². The monoisotopic (exact) mass is 294 g/mol. The topological polar surface area (TPSA) is 32.3 Å². The fraction of sp³-hybridized carbons (Fsp3) is 0.688.